The molecule has 5 heteroatoms. The molecule has 0 saturated heterocycles. The van der Waals surface area contributed by atoms with Gasteiger partial charge in [0.2, 0.25) is 5.78 Å². The molecule has 0 fully saturated rings. The first kappa shape index (κ1) is 15.0. The predicted octanol–water partition coefficient (Wildman–Crippen LogP) is 4.80. The van der Waals surface area contributed by atoms with Crippen LogP contribution in [0.3, 0.4) is 0 Å². The molecule has 4 heterocycles. The highest BCUT2D eigenvalue weighted by molar-refractivity contribution is 6.00. The first-order chi connectivity index (χ1) is 13.5. The highest BCUT2D eigenvalue weighted by atomic mass is 15.5. The van der Waals surface area contributed by atoms with Crippen LogP contribution < -0.4 is 4.90 Å². The number of anilines is 1. The third-order valence-electron chi connectivity index (χ3n) is 7.39. The summed E-state index contributed by atoms with van der Waals surface area (Å²) in [5.74, 6) is 1.08. The van der Waals surface area contributed by atoms with E-state index in [4.69, 9.17) is 4.98 Å². The Balaban J connectivity index is 1.74. The summed E-state index contributed by atoms with van der Waals surface area (Å²) in [6, 6.07) is 13.4. The SMILES string of the molecule is Cc1ccc2c3c1N1C4=C(CCC4n3c3nc4ccccc4n23)N(C)C1(C)C. The molecule has 1 atom stereocenters. The van der Waals surface area contributed by atoms with Crippen LogP contribution in [0.5, 0.6) is 0 Å². The lowest BCUT2D eigenvalue weighted by Crippen LogP contribution is -2.51. The van der Waals surface area contributed by atoms with Gasteiger partial charge in [0.05, 0.1) is 39.5 Å². The van der Waals surface area contributed by atoms with E-state index in [1.165, 1.54) is 39.2 Å². The Hall–Kier alpha value is -2.95. The molecule has 2 aromatic carbocycles. The molecule has 0 amide bonds. The normalized spacial score (nSPS) is 22.4. The van der Waals surface area contributed by atoms with Gasteiger partial charge in [-0.15, -0.1) is 0 Å². The second-order valence-corrected chi connectivity index (χ2v) is 8.98. The van der Waals surface area contributed by atoms with Gasteiger partial charge in [0, 0.05) is 12.7 Å². The van der Waals surface area contributed by atoms with Gasteiger partial charge in [-0.05, 0) is 57.4 Å². The van der Waals surface area contributed by atoms with Crippen LogP contribution in [0.15, 0.2) is 47.8 Å². The zero-order valence-electron chi connectivity index (χ0n) is 16.7. The molecule has 5 nitrogen and oxygen atoms in total. The second-order valence-electron chi connectivity index (χ2n) is 8.98. The summed E-state index contributed by atoms with van der Waals surface area (Å²) in [5, 5.41) is 0. The van der Waals surface area contributed by atoms with Crippen LogP contribution in [-0.4, -0.2) is 31.6 Å². The van der Waals surface area contributed by atoms with Crippen molar-refractivity contribution in [2.24, 2.45) is 0 Å². The van der Waals surface area contributed by atoms with Crippen molar-refractivity contribution in [1.82, 2.24) is 18.9 Å². The summed E-state index contributed by atoms with van der Waals surface area (Å²) in [4.78, 5) is 10.2. The van der Waals surface area contributed by atoms with Gasteiger partial charge in [0.25, 0.3) is 0 Å². The molecule has 140 valence electrons. The fourth-order valence-electron chi connectivity index (χ4n) is 5.95. The molecule has 0 N–H and O–H groups in total. The topological polar surface area (TPSA) is 28.7 Å². The molecule has 0 bridgehead atoms. The Morgan fingerprint density at radius 2 is 1.89 bits per heavy atom. The van der Waals surface area contributed by atoms with E-state index < -0.39 is 0 Å². The Morgan fingerprint density at radius 1 is 1.07 bits per heavy atom. The molecule has 28 heavy (non-hydrogen) atoms. The molecule has 1 aliphatic carbocycles. The highest BCUT2D eigenvalue weighted by Crippen LogP contribution is 2.57. The van der Waals surface area contributed by atoms with E-state index >= 15 is 0 Å². The number of allylic oxidation sites excluding steroid dienone is 2. The molecule has 0 spiro atoms. The number of hydrogen-bond donors (Lipinski definition) is 0. The summed E-state index contributed by atoms with van der Waals surface area (Å²) in [5.41, 5.74) is 10.5. The summed E-state index contributed by atoms with van der Waals surface area (Å²) < 4.78 is 4.90. The van der Waals surface area contributed by atoms with Crippen molar-refractivity contribution >= 4 is 33.5 Å². The van der Waals surface area contributed by atoms with E-state index in [9.17, 15) is 0 Å². The van der Waals surface area contributed by atoms with Crippen molar-refractivity contribution < 1.29 is 0 Å². The van der Waals surface area contributed by atoms with Gasteiger partial charge in [-0.3, -0.25) is 8.97 Å². The van der Waals surface area contributed by atoms with E-state index in [0.717, 1.165) is 24.1 Å². The number of imidazole rings is 2. The number of para-hydroxylation sites is 2. The second kappa shape index (κ2) is 4.37. The fraction of sp³-hybridized carbons (Fsp3) is 0.348. The zero-order valence-corrected chi connectivity index (χ0v) is 16.7. The molecule has 0 radical (unpaired) electrons. The van der Waals surface area contributed by atoms with Crippen LogP contribution >= 0.6 is 0 Å². The van der Waals surface area contributed by atoms with Crippen LogP contribution in [-0.2, 0) is 0 Å². The van der Waals surface area contributed by atoms with Crippen molar-refractivity contribution in [3.05, 3.63) is 53.4 Å². The summed E-state index contributed by atoms with van der Waals surface area (Å²) in [6.07, 6.45) is 2.28. The molecule has 7 rings (SSSR count). The van der Waals surface area contributed by atoms with Crippen molar-refractivity contribution in [2.75, 3.05) is 11.9 Å². The number of nitrogens with zero attached hydrogens (tertiary/aromatic N) is 5. The van der Waals surface area contributed by atoms with Gasteiger partial charge in [0.1, 0.15) is 5.66 Å². The van der Waals surface area contributed by atoms with Gasteiger partial charge < -0.3 is 9.80 Å². The van der Waals surface area contributed by atoms with Crippen molar-refractivity contribution in [1.29, 1.82) is 0 Å². The maximum absolute atomic E-state index is 5.09. The smallest absolute Gasteiger partial charge is 0.216 e. The van der Waals surface area contributed by atoms with E-state index in [-0.39, 0.29) is 5.66 Å². The molecular weight excluding hydrogens is 346 g/mol. The van der Waals surface area contributed by atoms with Crippen LogP contribution in [0.25, 0.3) is 27.8 Å². The van der Waals surface area contributed by atoms with E-state index in [0.29, 0.717) is 6.04 Å². The van der Waals surface area contributed by atoms with Crippen LogP contribution in [0.1, 0.15) is 38.3 Å². The molecule has 2 aromatic heterocycles. The maximum Gasteiger partial charge on any atom is 0.216 e. The number of benzene rings is 2. The summed E-state index contributed by atoms with van der Waals surface area (Å²) >= 11 is 0. The fourth-order valence-corrected chi connectivity index (χ4v) is 5.95. The minimum absolute atomic E-state index is 0.0535. The van der Waals surface area contributed by atoms with Gasteiger partial charge in [-0.25, -0.2) is 4.98 Å². The minimum atomic E-state index is -0.0535. The first-order valence-electron chi connectivity index (χ1n) is 10.2. The quantitative estimate of drug-likeness (QED) is 0.446. The molecule has 3 aliphatic rings. The van der Waals surface area contributed by atoms with E-state index in [2.05, 4.69) is 83.0 Å². The number of rotatable bonds is 0. The standard InChI is InChI=1S/C23H23N5/c1-13-9-10-18-21-19(13)28-20-16(25(4)23(28,2)3)11-12-17(20)27(21)22-24-14-7-5-6-8-15(14)26(18)22/h5-10,17H,11-12H2,1-4H3. The van der Waals surface area contributed by atoms with Gasteiger partial charge in [0.15, 0.2) is 0 Å². The van der Waals surface area contributed by atoms with Gasteiger partial charge in [-0.2, -0.15) is 0 Å². The Kier molecular flexibility index (Phi) is 2.35. The monoisotopic (exact) mass is 369 g/mol. The molecule has 1 unspecified atom stereocenters. The van der Waals surface area contributed by atoms with Crippen LogP contribution in [0.4, 0.5) is 5.69 Å². The third-order valence-corrected chi connectivity index (χ3v) is 7.39. The lowest BCUT2D eigenvalue weighted by atomic mass is 10.0. The zero-order chi connectivity index (χ0) is 18.9. The Morgan fingerprint density at radius 3 is 2.75 bits per heavy atom. The number of aryl methyl sites for hydroxylation is 1. The molecule has 4 aromatic rings. The number of hydrogen-bond acceptors (Lipinski definition) is 3. The summed E-state index contributed by atoms with van der Waals surface area (Å²) in [7, 11) is 2.26. The van der Waals surface area contributed by atoms with E-state index in [1.807, 2.05) is 0 Å². The van der Waals surface area contributed by atoms with Crippen LogP contribution in [0.2, 0.25) is 0 Å². The number of fused-ring (bicyclic) bond motifs is 7. The van der Waals surface area contributed by atoms with E-state index in [1.54, 1.807) is 0 Å². The third kappa shape index (κ3) is 1.38. The Bertz CT molecular complexity index is 1380. The van der Waals surface area contributed by atoms with Gasteiger partial charge >= 0.3 is 0 Å². The maximum atomic E-state index is 5.09. The number of aromatic nitrogens is 3. The predicted molar refractivity (Wildman–Crippen MR) is 113 cm³/mol. The highest BCUT2D eigenvalue weighted by Gasteiger charge is 2.52. The average molecular weight is 369 g/mol. The van der Waals surface area contributed by atoms with Crippen LogP contribution in [0, 0.1) is 6.92 Å². The van der Waals surface area contributed by atoms with Crippen molar-refractivity contribution in [3.63, 3.8) is 0 Å². The van der Waals surface area contributed by atoms with Crippen molar-refractivity contribution in [3.8, 4) is 0 Å². The van der Waals surface area contributed by atoms with Gasteiger partial charge in [-0.1, -0.05) is 18.2 Å². The first-order valence-corrected chi connectivity index (χ1v) is 10.2. The lowest BCUT2D eigenvalue weighted by molar-refractivity contribution is 0.222. The Labute approximate surface area is 163 Å². The minimum Gasteiger partial charge on any atom is -0.354 e. The molecular formula is C23H23N5. The molecule has 2 aliphatic heterocycles. The average Bonchev–Trinajstić information content (AvgIpc) is 3.38. The largest absolute Gasteiger partial charge is 0.354 e. The summed E-state index contributed by atoms with van der Waals surface area (Å²) in [6.45, 7) is 6.94. The lowest BCUT2D eigenvalue weighted by Gasteiger charge is -2.45. The van der Waals surface area contributed by atoms with Crippen molar-refractivity contribution in [2.45, 2.75) is 45.3 Å². The molecule has 0 saturated carbocycles.